The molecule has 0 saturated carbocycles. The zero-order valence-electron chi connectivity index (χ0n) is 34.5. The third-order valence-electron chi connectivity index (χ3n) is 9.61. The van der Waals surface area contributed by atoms with Gasteiger partial charge in [0.25, 0.3) is 23.6 Å². The number of amides is 5. The number of aliphatic hydroxyl groups excluding tert-OH is 4. The fourth-order valence-electron chi connectivity index (χ4n) is 6.07. The van der Waals surface area contributed by atoms with Crippen molar-refractivity contribution in [3.63, 3.8) is 0 Å². The van der Waals surface area contributed by atoms with Crippen LogP contribution in [0.25, 0.3) is 38.4 Å². The zero-order chi connectivity index (χ0) is 48.4. The third-order valence-corrected chi connectivity index (χ3v) is 14.1. The van der Waals surface area contributed by atoms with E-state index in [9.17, 15) is 59.4 Å². The highest BCUT2D eigenvalue weighted by atomic mass is 32.1. The average molecular weight is 1010 g/mol. The van der Waals surface area contributed by atoms with Crippen LogP contribution in [-0.2, 0) is 14.3 Å². The molecule has 6 atom stereocenters. The molecule has 5 amide bonds. The molecule has 7 heterocycles. The number of carbonyl (C=O) groups excluding carboxylic acids is 5. The van der Waals surface area contributed by atoms with E-state index in [1.165, 1.54) is 53.9 Å². The predicted molar refractivity (Wildman–Crippen MR) is 240 cm³/mol. The van der Waals surface area contributed by atoms with E-state index in [1.54, 1.807) is 0 Å². The maximum absolute atomic E-state index is 13.8. The second kappa shape index (κ2) is 20.0. The first-order chi connectivity index (χ1) is 31.9. The third kappa shape index (κ3) is 10.2. The molecule has 0 saturated heterocycles. The number of hydrogen-bond acceptors (Lipinski definition) is 23. The van der Waals surface area contributed by atoms with Crippen molar-refractivity contribution in [3.05, 3.63) is 76.5 Å². The van der Waals surface area contributed by atoms with Crippen molar-refractivity contribution in [3.8, 4) is 38.4 Å². The molecule has 0 radical (unpaired) electrons. The summed E-state index contributed by atoms with van der Waals surface area (Å²) in [4.78, 5) is 105. The van der Waals surface area contributed by atoms with Crippen LogP contribution in [0.15, 0.2) is 38.7 Å². The largest absolute Gasteiger partial charge is 0.506 e. The summed E-state index contributed by atoms with van der Waals surface area (Å²) in [6.45, 7) is 2.01. The van der Waals surface area contributed by atoms with Crippen LogP contribution in [0.2, 0.25) is 0 Å². The molecule has 6 aromatic heterocycles. The lowest BCUT2D eigenvalue weighted by atomic mass is 10.1. The highest BCUT2D eigenvalue weighted by Gasteiger charge is 2.37. The Labute approximate surface area is 395 Å². The van der Waals surface area contributed by atoms with Crippen LogP contribution in [0.4, 0.5) is 0 Å². The van der Waals surface area contributed by atoms with Gasteiger partial charge in [0.05, 0.1) is 19.8 Å². The van der Waals surface area contributed by atoms with Crippen LogP contribution >= 0.6 is 56.7 Å². The number of nitrogens with one attached hydrogen (secondary N) is 4. The molecule has 1 aliphatic heterocycles. The van der Waals surface area contributed by atoms with Crippen LogP contribution in [-0.4, -0.2) is 134 Å². The van der Waals surface area contributed by atoms with Crippen molar-refractivity contribution in [1.82, 2.24) is 51.2 Å². The Morgan fingerprint density at radius 1 is 0.746 bits per heavy atom. The minimum Gasteiger partial charge on any atom is -0.506 e. The van der Waals surface area contributed by atoms with Crippen molar-refractivity contribution in [2.45, 2.75) is 50.3 Å². The van der Waals surface area contributed by atoms with Gasteiger partial charge in [0.2, 0.25) is 5.91 Å². The minimum absolute atomic E-state index is 0.0119. The van der Waals surface area contributed by atoms with Gasteiger partial charge in [0, 0.05) is 32.5 Å². The Kier molecular flexibility index (Phi) is 14.4. The number of pyridine rings is 1. The number of carboxylic acids is 1. The number of fused-ring (bicyclic) bond motifs is 11. The normalized spacial score (nSPS) is 19.2. The van der Waals surface area contributed by atoms with Crippen LogP contribution < -0.4 is 27.0 Å². The number of primary amides is 1. The highest BCUT2D eigenvalue weighted by molar-refractivity contribution is 7.14. The quantitative estimate of drug-likeness (QED) is 0.0942. The smallest absolute Gasteiger partial charge is 0.335 e. The molecule has 0 fully saturated rings. The molecule has 29 heteroatoms. The molecule has 0 unspecified atom stereocenters. The number of hydrogen-bond donors (Lipinski definition) is 11. The zero-order valence-corrected chi connectivity index (χ0v) is 38.6. The molecule has 12 N–H and O–H groups in total. The number of aromatic nitrogens is 6. The summed E-state index contributed by atoms with van der Waals surface area (Å²) in [5.41, 5.74) is 4.66. The second-order valence-corrected chi connectivity index (χ2v) is 18.5. The van der Waals surface area contributed by atoms with E-state index in [1.807, 2.05) is 0 Å². The maximum Gasteiger partial charge on any atom is 0.335 e. The Bertz CT molecular complexity index is 2940. The molecule has 24 nitrogen and oxygen atoms in total. The highest BCUT2D eigenvalue weighted by Crippen LogP contribution is 2.41. The Hall–Kier alpha value is -6.70. The monoisotopic (exact) mass is 1010 g/mol. The lowest BCUT2D eigenvalue weighted by Crippen LogP contribution is -2.52. The molecule has 0 aromatic carbocycles. The van der Waals surface area contributed by atoms with Crippen LogP contribution in [0.5, 0.6) is 5.75 Å². The molecule has 6 aromatic rings. The van der Waals surface area contributed by atoms with Gasteiger partial charge in [0.15, 0.2) is 6.10 Å². The number of carboxylic acid groups (broad SMARTS) is 1. The lowest BCUT2D eigenvalue weighted by molar-refractivity contribution is -0.154. The van der Waals surface area contributed by atoms with Gasteiger partial charge in [-0.25, -0.2) is 34.7 Å². The number of aliphatic hydroxyl groups is 4. The van der Waals surface area contributed by atoms with Gasteiger partial charge in [-0.1, -0.05) is 0 Å². The van der Waals surface area contributed by atoms with E-state index >= 15 is 0 Å². The Morgan fingerprint density at radius 3 is 1.94 bits per heavy atom. The number of aliphatic carboxylic acids is 1. The number of thiazole rings is 5. The average Bonchev–Trinajstić information content (AvgIpc) is 4.16. The van der Waals surface area contributed by atoms with Gasteiger partial charge in [-0.2, -0.15) is 0 Å². The number of aromatic hydroxyl groups is 1. The van der Waals surface area contributed by atoms with Crippen molar-refractivity contribution in [2.24, 2.45) is 5.73 Å². The van der Waals surface area contributed by atoms with Gasteiger partial charge in [-0.05, 0) is 19.9 Å². The van der Waals surface area contributed by atoms with Crippen molar-refractivity contribution >= 4 is 97.9 Å². The topological polar surface area (TPSA) is 385 Å². The van der Waals surface area contributed by atoms with Crippen molar-refractivity contribution < 1.29 is 64.1 Å². The SMILES string of the molecule is COC(C)=C1NC(=O)[C@H]([C@@H](C)O)NC(=O)c2csc(n2)-c2cc(O)c(-c3nc(C(N)=O)cs3)nc2-c2csc(n2)[C@H](CO)NC(=O)c2csc(n2)[C@H]([C@H](O)[C@H](O)C(=O)O)NC(=O)c2csc1n2. The van der Waals surface area contributed by atoms with Crippen molar-refractivity contribution in [2.75, 3.05) is 13.7 Å². The fourth-order valence-corrected chi connectivity index (χ4v) is 10.3. The lowest BCUT2D eigenvalue weighted by Gasteiger charge is -2.24. The van der Waals surface area contributed by atoms with E-state index in [-0.39, 0.29) is 81.9 Å². The van der Waals surface area contributed by atoms with Gasteiger partial charge < -0.3 is 62.4 Å². The van der Waals surface area contributed by atoms with Crippen LogP contribution in [0.3, 0.4) is 0 Å². The fraction of sp³-hybridized carbons (Fsp3) is 0.263. The first kappa shape index (κ1) is 48.2. The van der Waals surface area contributed by atoms with Crippen molar-refractivity contribution in [1.29, 1.82) is 0 Å². The van der Waals surface area contributed by atoms with E-state index in [4.69, 9.17) is 10.5 Å². The summed E-state index contributed by atoms with van der Waals surface area (Å²) in [6, 6.07) is -3.27. The predicted octanol–water partition coefficient (Wildman–Crippen LogP) is 0.854. The standard InChI is InChI=1S/C38H35N11O13S5/c1-11(51)21-32(59)48-22(12(2)62-3)35-44-19(10-66-35)31(58)49-25(26(53)27(54)38(60)61)37-45-17(9-67-37)29(56)40-14(5-50)34-41-15(6-64-34)23-13(33-43-18(8-63-33)30(57)47-21)4-20(52)24(46-23)36-42-16(7-65-36)28(39)55/h4,6-11,14,21,25-27,50-54H,5H2,1-3H3,(H2,39,55)(H,40,56)(H,47,57)(H,48,59)(H,49,58)(H,60,61)/t11-,14+,21+,25+,26+,27+/m1/s1. The molecule has 350 valence electrons. The van der Waals surface area contributed by atoms with Gasteiger partial charge >= 0.3 is 5.97 Å². The summed E-state index contributed by atoms with van der Waals surface area (Å²) in [5.74, 6) is -6.74. The molecular formula is C38H35N11O13S5. The van der Waals surface area contributed by atoms with Crippen LogP contribution in [0, 0.1) is 0 Å². The summed E-state index contributed by atoms with van der Waals surface area (Å²) in [5, 5.41) is 80.3. The molecule has 1 aliphatic rings. The van der Waals surface area contributed by atoms with Gasteiger partial charge in [0.1, 0.15) is 106 Å². The first-order valence-corrected chi connectivity index (χ1v) is 23.5. The molecule has 0 spiro atoms. The molecular weight excluding hydrogens is 979 g/mol. The molecule has 7 rings (SSSR count). The minimum atomic E-state index is -2.45. The van der Waals surface area contributed by atoms with E-state index in [0.29, 0.717) is 0 Å². The molecule has 8 bridgehead atoms. The maximum atomic E-state index is 13.8. The summed E-state index contributed by atoms with van der Waals surface area (Å²) < 4.78 is 5.37. The Balaban J connectivity index is 1.35. The number of allylic oxidation sites excluding steroid dienone is 1. The number of ether oxygens (including phenoxy) is 1. The first-order valence-electron chi connectivity index (χ1n) is 19.1. The Morgan fingerprint density at radius 2 is 1.31 bits per heavy atom. The van der Waals surface area contributed by atoms with Crippen LogP contribution in [0.1, 0.15) is 82.9 Å². The number of carbonyl (C=O) groups is 6. The number of nitrogens with zero attached hydrogens (tertiary/aromatic N) is 6. The summed E-state index contributed by atoms with van der Waals surface area (Å²) in [6.07, 6.45) is -6.17. The molecule has 0 aliphatic carbocycles. The van der Waals surface area contributed by atoms with E-state index in [2.05, 4.69) is 51.2 Å². The molecule has 67 heavy (non-hydrogen) atoms. The number of rotatable bonds is 8. The number of nitrogens with two attached hydrogens (primary N) is 1. The van der Waals surface area contributed by atoms with Gasteiger partial charge in [-0.3, -0.25) is 24.0 Å². The second-order valence-electron chi connectivity index (χ2n) is 14.1. The van der Waals surface area contributed by atoms with E-state index in [0.717, 1.165) is 56.7 Å². The van der Waals surface area contributed by atoms with E-state index < -0.39 is 84.3 Å². The summed E-state index contributed by atoms with van der Waals surface area (Å²) in [7, 11) is 1.28. The summed E-state index contributed by atoms with van der Waals surface area (Å²) >= 11 is 4.46. The number of methoxy groups -OCH3 is 1. The van der Waals surface area contributed by atoms with Gasteiger partial charge in [-0.15, -0.1) is 56.7 Å².